The number of ether oxygens (including phenoxy) is 1. The zero-order chi connectivity index (χ0) is 21.7. The van der Waals surface area contributed by atoms with E-state index in [4.69, 9.17) is 4.74 Å². The second-order valence-corrected chi connectivity index (χ2v) is 7.03. The van der Waals surface area contributed by atoms with Gasteiger partial charge in [-0.3, -0.25) is 4.79 Å². The van der Waals surface area contributed by atoms with Crippen LogP contribution in [-0.2, 0) is 4.74 Å². The van der Waals surface area contributed by atoms with Crippen molar-refractivity contribution in [3.05, 3.63) is 59.2 Å². The van der Waals surface area contributed by atoms with Crippen LogP contribution in [0.15, 0.2) is 42.5 Å². The fourth-order valence-electron chi connectivity index (χ4n) is 3.29. The van der Waals surface area contributed by atoms with E-state index < -0.39 is 5.97 Å². The van der Waals surface area contributed by atoms with Crippen LogP contribution in [0, 0.1) is 6.92 Å². The van der Waals surface area contributed by atoms with E-state index in [1.165, 1.54) is 12.1 Å². The van der Waals surface area contributed by atoms with Gasteiger partial charge in [0.1, 0.15) is 0 Å². The highest BCUT2D eigenvalue weighted by atomic mass is 16.6. The first kappa shape index (κ1) is 21.2. The predicted molar refractivity (Wildman–Crippen MR) is 113 cm³/mol. The average Bonchev–Trinajstić information content (AvgIpc) is 2.74. The Morgan fingerprint density at radius 2 is 1.63 bits per heavy atom. The molecule has 30 heavy (non-hydrogen) atoms. The minimum Gasteiger partial charge on any atom is -0.478 e. The Labute approximate surface area is 175 Å². The van der Waals surface area contributed by atoms with Gasteiger partial charge < -0.3 is 25.0 Å². The maximum absolute atomic E-state index is 12.7. The summed E-state index contributed by atoms with van der Waals surface area (Å²) in [6.07, 6.45) is -0.341. The SMILES string of the molecule is CCOC(=O)N1CCN(c2ccc(C(=O)O)cc2NC(=O)c2ccc(C)cc2)CC1. The molecule has 8 heteroatoms. The van der Waals surface area contributed by atoms with Crippen LogP contribution in [0.3, 0.4) is 0 Å². The van der Waals surface area contributed by atoms with Gasteiger partial charge in [-0.1, -0.05) is 17.7 Å². The molecule has 158 valence electrons. The largest absolute Gasteiger partial charge is 0.478 e. The topological polar surface area (TPSA) is 99.2 Å². The second kappa shape index (κ2) is 9.30. The molecule has 0 spiro atoms. The van der Waals surface area contributed by atoms with Crippen LogP contribution in [0.1, 0.15) is 33.2 Å². The number of carboxylic acids is 1. The zero-order valence-corrected chi connectivity index (χ0v) is 17.1. The molecule has 0 unspecified atom stereocenters. The van der Waals surface area contributed by atoms with Crippen molar-refractivity contribution in [3.63, 3.8) is 0 Å². The van der Waals surface area contributed by atoms with E-state index in [-0.39, 0.29) is 17.6 Å². The van der Waals surface area contributed by atoms with Crippen LogP contribution in [0.5, 0.6) is 0 Å². The lowest BCUT2D eigenvalue weighted by atomic mass is 10.1. The van der Waals surface area contributed by atoms with Crippen molar-refractivity contribution in [3.8, 4) is 0 Å². The molecule has 2 amide bonds. The number of hydrogen-bond donors (Lipinski definition) is 2. The molecule has 0 aromatic heterocycles. The quantitative estimate of drug-likeness (QED) is 0.784. The maximum atomic E-state index is 12.7. The number of amides is 2. The zero-order valence-electron chi connectivity index (χ0n) is 17.1. The van der Waals surface area contributed by atoms with Crippen LogP contribution >= 0.6 is 0 Å². The molecule has 0 bridgehead atoms. The van der Waals surface area contributed by atoms with Gasteiger partial charge in [-0.05, 0) is 44.2 Å². The highest BCUT2D eigenvalue weighted by Crippen LogP contribution is 2.29. The van der Waals surface area contributed by atoms with Crippen molar-refractivity contribution in [2.75, 3.05) is 43.0 Å². The lowest BCUT2D eigenvalue weighted by molar-refractivity contribution is 0.0696. The number of piperazine rings is 1. The third-order valence-electron chi connectivity index (χ3n) is 4.95. The van der Waals surface area contributed by atoms with Crippen molar-refractivity contribution in [2.45, 2.75) is 13.8 Å². The number of rotatable bonds is 5. The summed E-state index contributed by atoms with van der Waals surface area (Å²) >= 11 is 0. The molecule has 3 rings (SSSR count). The van der Waals surface area contributed by atoms with Crippen LogP contribution in [0.4, 0.5) is 16.2 Å². The Morgan fingerprint density at radius 1 is 1.00 bits per heavy atom. The van der Waals surface area contributed by atoms with Gasteiger partial charge in [0.2, 0.25) is 0 Å². The molecule has 1 saturated heterocycles. The van der Waals surface area contributed by atoms with Crippen LogP contribution in [0.25, 0.3) is 0 Å². The average molecular weight is 411 g/mol. The fraction of sp³-hybridized carbons (Fsp3) is 0.318. The summed E-state index contributed by atoms with van der Waals surface area (Å²) < 4.78 is 5.04. The molecule has 0 saturated carbocycles. The first-order valence-electron chi connectivity index (χ1n) is 9.81. The smallest absolute Gasteiger partial charge is 0.409 e. The molecular formula is C22H25N3O5. The highest BCUT2D eigenvalue weighted by Gasteiger charge is 2.24. The molecule has 1 aliphatic rings. The summed E-state index contributed by atoms with van der Waals surface area (Å²) in [5, 5.41) is 12.2. The van der Waals surface area contributed by atoms with Gasteiger partial charge in [0.25, 0.3) is 5.91 Å². The number of benzene rings is 2. The Balaban J connectivity index is 1.81. The lowest BCUT2D eigenvalue weighted by Gasteiger charge is -2.36. The van der Waals surface area contributed by atoms with E-state index >= 15 is 0 Å². The standard InChI is InChI=1S/C22H25N3O5/c1-3-30-22(29)25-12-10-24(11-13-25)19-9-8-17(21(27)28)14-18(19)23-20(26)16-6-4-15(2)5-7-16/h4-9,14H,3,10-13H2,1-2H3,(H,23,26)(H,27,28). The van der Waals surface area contributed by atoms with Crippen molar-refractivity contribution in [2.24, 2.45) is 0 Å². The number of nitrogens with zero attached hydrogens (tertiary/aromatic N) is 2. The van der Waals surface area contributed by atoms with E-state index in [0.29, 0.717) is 49.7 Å². The third-order valence-corrected chi connectivity index (χ3v) is 4.95. The second-order valence-electron chi connectivity index (χ2n) is 7.03. The number of aromatic carboxylic acids is 1. The number of carbonyl (C=O) groups is 3. The van der Waals surface area contributed by atoms with Crippen LogP contribution in [0.2, 0.25) is 0 Å². The van der Waals surface area contributed by atoms with E-state index in [2.05, 4.69) is 5.32 Å². The normalized spacial score (nSPS) is 13.7. The van der Waals surface area contributed by atoms with Gasteiger partial charge in [0.05, 0.1) is 23.5 Å². The van der Waals surface area contributed by atoms with Crippen molar-refractivity contribution in [1.29, 1.82) is 0 Å². The van der Waals surface area contributed by atoms with Crippen LogP contribution < -0.4 is 10.2 Å². The van der Waals surface area contributed by atoms with Gasteiger partial charge in [0.15, 0.2) is 0 Å². The monoisotopic (exact) mass is 411 g/mol. The first-order chi connectivity index (χ1) is 14.4. The van der Waals surface area contributed by atoms with Crippen molar-refractivity contribution >= 4 is 29.3 Å². The van der Waals surface area contributed by atoms with Crippen molar-refractivity contribution in [1.82, 2.24) is 4.90 Å². The summed E-state index contributed by atoms with van der Waals surface area (Å²) in [5.41, 5.74) is 2.75. The van der Waals surface area contributed by atoms with Gasteiger partial charge >= 0.3 is 12.1 Å². The number of anilines is 2. The summed E-state index contributed by atoms with van der Waals surface area (Å²) in [4.78, 5) is 39.7. The summed E-state index contributed by atoms with van der Waals surface area (Å²) in [7, 11) is 0. The summed E-state index contributed by atoms with van der Waals surface area (Å²) in [6.45, 7) is 6.06. The summed E-state index contributed by atoms with van der Waals surface area (Å²) in [6, 6.07) is 11.8. The van der Waals surface area contributed by atoms with Crippen molar-refractivity contribution < 1.29 is 24.2 Å². The van der Waals surface area contributed by atoms with E-state index in [0.717, 1.165) is 5.56 Å². The number of carbonyl (C=O) groups excluding carboxylic acids is 2. The molecule has 0 aliphatic carbocycles. The van der Waals surface area contributed by atoms with Gasteiger partial charge in [-0.25, -0.2) is 9.59 Å². The molecule has 0 radical (unpaired) electrons. The number of hydrogen-bond acceptors (Lipinski definition) is 5. The van der Waals surface area contributed by atoms with Crippen LogP contribution in [-0.4, -0.2) is 60.8 Å². The Kier molecular flexibility index (Phi) is 6.56. The molecule has 1 fully saturated rings. The number of aryl methyl sites for hydroxylation is 1. The predicted octanol–water partition coefficient (Wildman–Crippen LogP) is 3.22. The number of nitrogens with one attached hydrogen (secondary N) is 1. The minimum absolute atomic E-state index is 0.0862. The molecule has 2 aromatic rings. The Hall–Kier alpha value is -3.55. The van der Waals surface area contributed by atoms with Gasteiger partial charge in [-0.2, -0.15) is 0 Å². The Morgan fingerprint density at radius 3 is 2.23 bits per heavy atom. The molecular weight excluding hydrogens is 386 g/mol. The van der Waals surface area contributed by atoms with Gasteiger partial charge in [0, 0.05) is 31.7 Å². The number of carboxylic acid groups (broad SMARTS) is 1. The van der Waals surface area contributed by atoms with E-state index in [1.807, 2.05) is 24.0 Å². The highest BCUT2D eigenvalue weighted by molar-refractivity contribution is 6.06. The minimum atomic E-state index is -1.07. The molecule has 2 aromatic carbocycles. The molecule has 0 atom stereocenters. The summed E-state index contributed by atoms with van der Waals surface area (Å²) in [5.74, 6) is -1.39. The molecule has 2 N–H and O–H groups in total. The molecule has 1 heterocycles. The van der Waals surface area contributed by atoms with E-state index in [1.54, 1.807) is 30.0 Å². The Bertz CT molecular complexity index is 934. The first-order valence-corrected chi connectivity index (χ1v) is 9.81. The third kappa shape index (κ3) is 4.89. The van der Waals surface area contributed by atoms with Gasteiger partial charge in [-0.15, -0.1) is 0 Å². The molecule has 1 aliphatic heterocycles. The van der Waals surface area contributed by atoms with E-state index in [9.17, 15) is 19.5 Å². The molecule has 8 nitrogen and oxygen atoms in total. The fourth-order valence-corrected chi connectivity index (χ4v) is 3.29. The maximum Gasteiger partial charge on any atom is 0.409 e. The lowest BCUT2D eigenvalue weighted by Crippen LogP contribution is -2.49.